The van der Waals surface area contributed by atoms with Crippen molar-refractivity contribution >= 4 is 44.3 Å². The van der Waals surface area contributed by atoms with Crippen LogP contribution in [0.15, 0.2) is 88.1 Å². The molecule has 0 bridgehead atoms. The van der Waals surface area contributed by atoms with Gasteiger partial charge in [-0.15, -0.1) is 0 Å². The molecule has 8 nitrogen and oxygen atoms in total. The third-order valence-electron chi connectivity index (χ3n) is 5.59. The summed E-state index contributed by atoms with van der Waals surface area (Å²) in [7, 11) is 2.42. The number of aromatic nitrogens is 1. The van der Waals surface area contributed by atoms with Gasteiger partial charge in [-0.25, -0.2) is 9.59 Å². The van der Waals surface area contributed by atoms with Crippen molar-refractivity contribution in [2.75, 3.05) is 19.1 Å². The predicted molar refractivity (Wildman–Crippen MR) is 129 cm³/mol. The summed E-state index contributed by atoms with van der Waals surface area (Å²) in [5.74, 6) is -2.49. The van der Waals surface area contributed by atoms with Gasteiger partial charge in [0.1, 0.15) is 11.5 Å². The summed E-state index contributed by atoms with van der Waals surface area (Å²) >= 11 is 3.51. The van der Waals surface area contributed by atoms with Crippen LogP contribution in [0.4, 0.5) is 5.69 Å². The third kappa shape index (κ3) is 3.68. The number of rotatable bonds is 4. The Bertz CT molecular complexity index is 1410. The fraction of sp³-hybridized carbons (Fsp3) is 0.120. The number of ether oxygens (including phenoxy) is 2. The zero-order valence-electron chi connectivity index (χ0n) is 18.3. The first kappa shape index (κ1) is 23.0. The van der Waals surface area contributed by atoms with Gasteiger partial charge in [-0.2, -0.15) is 5.26 Å². The van der Waals surface area contributed by atoms with Gasteiger partial charge < -0.3 is 15.2 Å². The summed E-state index contributed by atoms with van der Waals surface area (Å²) in [4.78, 5) is 31.9. The lowest BCUT2D eigenvalue weighted by Gasteiger charge is -2.36. The molecule has 3 aromatic rings. The molecule has 1 aliphatic rings. The number of methoxy groups -OCH3 is 2. The number of nitrogens with two attached hydrogens (primary N) is 1. The molecule has 2 aromatic carbocycles. The molecule has 0 spiro atoms. The van der Waals surface area contributed by atoms with E-state index < -0.39 is 17.9 Å². The van der Waals surface area contributed by atoms with Crippen molar-refractivity contribution in [2.45, 2.75) is 5.92 Å². The Morgan fingerprint density at radius 3 is 2.41 bits per heavy atom. The van der Waals surface area contributed by atoms with Crippen molar-refractivity contribution in [1.82, 2.24) is 4.98 Å². The maximum atomic E-state index is 13.2. The maximum Gasteiger partial charge on any atom is 0.355 e. The smallest absolute Gasteiger partial charge is 0.355 e. The Balaban J connectivity index is 2.13. The fourth-order valence-electron chi connectivity index (χ4n) is 4.10. The molecule has 0 fully saturated rings. The van der Waals surface area contributed by atoms with Crippen LogP contribution >= 0.6 is 15.9 Å². The van der Waals surface area contributed by atoms with Crippen molar-refractivity contribution in [3.63, 3.8) is 0 Å². The molecule has 170 valence electrons. The number of benzene rings is 2. The van der Waals surface area contributed by atoms with E-state index in [2.05, 4.69) is 27.0 Å². The fourth-order valence-corrected chi connectivity index (χ4v) is 4.55. The van der Waals surface area contributed by atoms with Crippen LogP contribution < -0.4 is 10.6 Å². The molecule has 0 saturated carbocycles. The molecule has 34 heavy (non-hydrogen) atoms. The average Bonchev–Trinajstić information content (AvgIpc) is 2.88. The summed E-state index contributed by atoms with van der Waals surface area (Å²) < 4.78 is 10.9. The molecule has 1 aromatic heterocycles. The largest absolute Gasteiger partial charge is 0.466 e. The second kappa shape index (κ2) is 9.37. The minimum atomic E-state index is -0.924. The molecule has 1 atom stereocenters. The highest BCUT2D eigenvalue weighted by Crippen LogP contribution is 2.45. The van der Waals surface area contributed by atoms with E-state index in [1.54, 1.807) is 54.9 Å². The summed E-state index contributed by atoms with van der Waals surface area (Å²) in [6, 6.07) is 16.3. The van der Waals surface area contributed by atoms with Crippen molar-refractivity contribution in [1.29, 1.82) is 5.26 Å². The molecule has 1 aliphatic heterocycles. The van der Waals surface area contributed by atoms with Gasteiger partial charge in [0.25, 0.3) is 0 Å². The molecule has 0 amide bonds. The van der Waals surface area contributed by atoms with E-state index in [4.69, 9.17) is 15.2 Å². The first-order valence-electron chi connectivity index (χ1n) is 10.1. The second-order valence-corrected chi connectivity index (χ2v) is 8.18. The minimum Gasteiger partial charge on any atom is -0.466 e. The molecule has 2 heterocycles. The number of nitriles is 1. The SMILES string of the molecule is COC(=O)C1=C(C(=O)OC)N(c2ccc(Br)c3cnccc23)C(N)=C(C#N)C1c1ccccc1. The number of fused-ring (bicyclic) bond motifs is 1. The monoisotopic (exact) mass is 518 g/mol. The summed E-state index contributed by atoms with van der Waals surface area (Å²) in [5, 5.41) is 11.6. The van der Waals surface area contributed by atoms with Crippen LogP contribution in [-0.4, -0.2) is 31.1 Å². The molecule has 9 heteroatoms. The van der Waals surface area contributed by atoms with Gasteiger partial charge in [-0.3, -0.25) is 9.88 Å². The van der Waals surface area contributed by atoms with Crippen LogP contribution in [0.25, 0.3) is 10.8 Å². The minimum absolute atomic E-state index is 0.00448. The van der Waals surface area contributed by atoms with Crippen LogP contribution in [0.2, 0.25) is 0 Å². The maximum absolute atomic E-state index is 13.2. The zero-order chi connectivity index (χ0) is 24.4. The highest BCUT2D eigenvalue weighted by Gasteiger charge is 2.43. The van der Waals surface area contributed by atoms with E-state index in [9.17, 15) is 14.9 Å². The van der Waals surface area contributed by atoms with Crippen LogP contribution in [0.3, 0.4) is 0 Å². The number of anilines is 1. The summed E-state index contributed by atoms with van der Waals surface area (Å²) in [6.07, 6.45) is 3.26. The van der Waals surface area contributed by atoms with Gasteiger partial charge in [0.15, 0.2) is 0 Å². The van der Waals surface area contributed by atoms with Crippen molar-refractivity contribution in [3.8, 4) is 6.07 Å². The Morgan fingerprint density at radius 1 is 1.06 bits per heavy atom. The number of carbonyl (C=O) groups is 2. The molecular weight excluding hydrogens is 500 g/mol. The predicted octanol–water partition coefficient (Wildman–Crippen LogP) is 3.90. The van der Waals surface area contributed by atoms with Crippen molar-refractivity contribution in [2.24, 2.45) is 5.73 Å². The Hall–Kier alpha value is -4.16. The van der Waals surface area contributed by atoms with E-state index in [-0.39, 0.29) is 22.7 Å². The van der Waals surface area contributed by atoms with Crippen LogP contribution in [0.5, 0.6) is 0 Å². The molecule has 0 aliphatic carbocycles. The molecule has 0 radical (unpaired) electrons. The van der Waals surface area contributed by atoms with E-state index >= 15 is 0 Å². The number of pyridine rings is 1. The Labute approximate surface area is 204 Å². The lowest BCUT2D eigenvalue weighted by atomic mass is 9.81. The van der Waals surface area contributed by atoms with Gasteiger partial charge in [0, 0.05) is 27.6 Å². The number of hydrogen-bond acceptors (Lipinski definition) is 8. The second-order valence-electron chi connectivity index (χ2n) is 7.32. The quantitative estimate of drug-likeness (QED) is 0.516. The highest BCUT2D eigenvalue weighted by atomic mass is 79.9. The van der Waals surface area contributed by atoms with Crippen molar-refractivity contribution < 1.29 is 19.1 Å². The van der Waals surface area contributed by atoms with E-state index in [0.717, 1.165) is 9.86 Å². The number of allylic oxidation sites excluding steroid dienone is 1. The van der Waals surface area contributed by atoms with Crippen LogP contribution in [0.1, 0.15) is 11.5 Å². The third-order valence-corrected chi connectivity index (χ3v) is 6.28. The molecule has 1 unspecified atom stereocenters. The van der Waals surface area contributed by atoms with Gasteiger partial charge >= 0.3 is 11.9 Å². The number of carbonyl (C=O) groups excluding carboxylic acids is 2. The number of hydrogen-bond donors (Lipinski definition) is 1. The summed E-state index contributed by atoms with van der Waals surface area (Å²) in [5.41, 5.74) is 7.58. The molecule has 2 N–H and O–H groups in total. The number of halogens is 1. The average molecular weight is 519 g/mol. The lowest BCUT2D eigenvalue weighted by molar-refractivity contribution is -0.139. The van der Waals surface area contributed by atoms with E-state index in [1.807, 2.05) is 6.07 Å². The number of nitrogens with zero attached hydrogens (tertiary/aromatic N) is 3. The van der Waals surface area contributed by atoms with Gasteiger partial charge in [0.05, 0.1) is 43.0 Å². The van der Waals surface area contributed by atoms with Crippen LogP contribution in [0, 0.1) is 11.3 Å². The lowest BCUT2D eigenvalue weighted by Crippen LogP contribution is -2.40. The normalized spacial score (nSPS) is 15.8. The molecule has 4 rings (SSSR count). The van der Waals surface area contributed by atoms with Gasteiger partial charge in [-0.1, -0.05) is 46.3 Å². The van der Waals surface area contributed by atoms with Gasteiger partial charge in [-0.05, 0) is 23.8 Å². The number of esters is 2. The Morgan fingerprint density at radius 2 is 1.76 bits per heavy atom. The molecular formula is C25H19BrN4O4. The first-order valence-corrected chi connectivity index (χ1v) is 10.9. The molecule has 0 saturated heterocycles. The van der Waals surface area contributed by atoms with Crippen molar-refractivity contribution in [3.05, 3.63) is 93.6 Å². The van der Waals surface area contributed by atoms with Gasteiger partial charge in [0.2, 0.25) is 0 Å². The summed E-state index contributed by atoms with van der Waals surface area (Å²) in [6.45, 7) is 0. The van der Waals surface area contributed by atoms with Crippen LogP contribution in [-0.2, 0) is 19.1 Å². The first-order chi connectivity index (χ1) is 16.4. The van der Waals surface area contributed by atoms with E-state index in [1.165, 1.54) is 19.1 Å². The highest BCUT2D eigenvalue weighted by molar-refractivity contribution is 9.10. The Kier molecular flexibility index (Phi) is 6.34. The topological polar surface area (TPSA) is 119 Å². The van der Waals surface area contributed by atoms with E-state index in [0.29, 0.717) is 16.6 Å². The zero-order valence-corrected chi connectivity index (χ0v) is 19.9. The standard InChI is InChI=1S/C25H19BrN4O4/c1-33-24(31)21-20(14-6-4-3-5-7-14)16(12-27)23(28)30(22(21)25(32)34-2)19-9-8-18(26)17-13-29-11-10-15(17)19/h3-11,13,20H,28H2,1-2H3.